The Kier molecular flexibility index (Phi) is 8.33. The molecule has 4 N–H and O–H groups in total. The molecule has 1 rings (SSSR count). The molecule has 0 unspecified atom stereocenters. The molecular formula is C17H21N7O8. The molecule has 0 radical (unpaired) electrons. The number of rotatable bonds is 3. The second kappa shape index (κ2) is 10.5. The van der Waals surface area contributed by atoms with Crippen LogP contribution in [-0.4, -0.2) is 78.9 Å². The van der Waals surface area contributed by atoms with Gasteiger partial charge in [-0.05, 0) is 18.6 Å². The van der Waals surface area contributed by atoms with Crippen LogP contribution in [0.15, 0.2) is 12.1 Å². The molecule has 1 aromatic rings. The molecule has 15 nitrogen and oxygen atoms in total. The van der Waals surface area contributed by atoms with E-state index in [9.17, 15) is 38.9 Å². The number of hydrogen-bond donors (Lipinski definition) is 4. The molecule has 32 heavy (non-hydrogen) atoms. The second-order valence-corrected chi connectivity index (χ2v) is 5.89. The molecule has 0 spiro atoms. The highest BCUT2D eigenvalue weighted by atomic mass is 16.6. The quantitative estimate of drug-likeness (QED) is 0.367. The number of amides is 10. The molecule has 0 aliphatic rings. The zero-order chi connectivity index (χ0) is 24.7. The topological polar surface area (TPSA) is 200 Å². The van der Waals surface area contributed by atoms with Crippen molar-refractivity contribution in [1.82, 2.24) is 31.1 Å². The number of hydrogen-bond acceptors (Lipinski definition) is 8. The van der Waals surface area contributed by atoms with Gasteiger partial charge in [0.2, 0.25) is 0 Å². The van der Waals surface area contributed by atoms with Crippen LogP contribution < -0.4 is 21.3 Å². The number of benzene rings is 1. The Hall–Kier alpha value is -4.56. The number of nitrogens with zero attached hydrogens (tertiary/aromatic N) is 3. The lowest BCUT2D eigenvalue weighted by Gasteiger charge is -2.21. The standard InChI is InChI=1S/C17H21N7O8/c1-8-9(12(25)22(14(27)18-2)15(28)19-3)6-7-10(24(31)32)11(8)13(26)23(16(29)20-4)17(30)21-5/h6-7H,1-5H3,(H,18,27)(H,19,28)(H,20,29)(H,21,30). The fourth-order valence-electron chi connectivity index (χ4n) is 2.58. The van der Waals surface area contributed by atoms with E-state index in [1.165, 1.54) is 0 Å². The molecular weight excluding hydrogens is 430 g/mol. The largest absolute Gasteiger partial charge is 0.340 e. The van der Waals surface area contributed by atoms with Crippen LogP contribution in [0.5, 0.6) is 0 Å². The molecule has 0 atom stereocenters. The first-order valence-corrected chi connectivity index (χ1v) is 8.82. The third kappa shape index (κ3) is 4.77. The third-order valence-corrected chi connectivity index (χ3v) is 4.16. The lowest BCUT2D eigenvalue weighted by Crippen LogP contribution is -2.51. The number of nitrogens with one attached hydrogen (secondary N) is 4. The molecule has 0 saturated heterocycles. The SMILES string of the molecule is CNC(=O)N(C(=O)NC)C(=O)c1ccc([N+](=O)[O-])c(C(=O)N(C(=O)NC)C(=O)NC)c1C. The highest BCUT2D eigenvalue weighted by molar-refractivity contribution is 6.20. The van der Waals surface area contributed by atoms with E-state index in [0.717, 1.165) is 47.2 Å². The van der Waals surface area contributed by atoms with Crippen LogP contribution in [0.4, 0.5) is 24.9 Å². The van der Waals surface area contributed by atoms with Gasteiger partial charge in [-0.2, -0.15) is 9.80 Å². The van der Waals surface area contributed by atoms with Gasteiger partial charge in [0.15, 0.2) is 0 Å². The summed E-state index contributed by atoms with van der Waals surface area (Å²) in [5.74, 6) is -2.62. The number of carbonyl (C=O) groups excluding carboxylic acids is 6. The van der Waals surface area contributed by atoms with Crippen molar-refractivity contribution in [2.24, 2.45) is 0 Å². The van der Waals surface area contributed by atoms with Crippen LogP contribution in [0, 0.1) is 17.0 Å². The van der Waals surface area contributed by atoms with Gasteiger partial charge in [0.1, 0.15) is 5.56 Å². The van der Waals surface area contributed by atoms with Crippen LogP contribution in [0.1, 0.15) is 26.3 Å². The Morgan fingerprint density at radius 2 is 1.12 bits per heavy atom. The smallest absolute Gasteiger partial charge is 0.332 e. The van der Waals surface area contributed by atoms with E-state index >= 15 is 0 Å². The van der Waals surface area contributed by atoms with Gasteiger partial charge in [-0.3, -0.25) is 19.7 Å². The Balaban J connectivity index is 3.81. The number of urea groups is 4. The lowest BCUT2D eigenvalue weighted by atomic mass is 9.98. The fraction of sp³-hybridized carbons (Fsp3) is 0.294. The minimum atomic E-state index is -1.41. The Morgan fingerprint density at radius 3 is 1.47 bits per heavy atom. The minimum Gasteiger partial charge on any atom is -0.340 e. The summed E-state index contributed by atoms with van der Waals surface area (Å²) in [5, 5.41) is 19.8. The van der Waals surface area contributed by atoms with Crippen molar-refractivity contribution in [2.45, 2.75) is 6.92 Å². The van der Waals surface area contributed by atoms with Crippen molar-refractivity contribution in [2.75, 3.05) is 28.2 Å². The molecule has 0 fully saturated rings. The van der Waals surface area contributed by atoms with Crippen molar-refractivity contribution >= 4 is 41.6 Å². The first kappa shape index (κ1) is 25.5. The predicted molar refractivity (Wildman–Crippen MR) is 108 cm³/mol. The maximum Gasteiger partial charge on any atom is 0.332 e. The van der Waals surface area contributed by atoms with E-state index in [1.807, 2.05) is 0 Å². The third-order valence-electron chi connectivity index (χ3n) is 4.16. The highest BCUT2D eigenvalue weighted by Crippen LogP contribution is 2.28. The summed E-state index contributed by atoms with van der Waals surface area (Å²) in [6.45, 7) is 1.13. The summed E-state index contributed by atoms with van der Waals surface area (Å²) >= 11 is 0. The van der Waals surface area contributed by atoms with Gasteiger partial charge in [-0.25, -0.2) is 19.2 Å². The maximum absolute atomic E-state index is 13.0. The summed E-state index contributed by atoms with van der Waals surface area (Å²) in [7, 11) is 4.57. The number of imide groups is 6. The minimum absolute atomic E-state index is 0.0683. The van der Waals surface area contributed by atoms with Crippen molar-refractivity contribution in [3.8, 4) is 0 Å². The average molecular weight is 451 g/mol. The molecule has 0 bridgehead atoms. The van der Waals surface area contributed by atoms with Gasteiger partial charge in [0.25, 0.3) is 17.5 Å². The first-order valence-electron chi connectivity index (χ1n) is 8.82. The number of carbonyl (C=O) groups is 6. The van der Waals surface area contributed by atoms with Crippen molar-refractivity contribution in [3.05, 3.63) is 38.9 Å². The normalized spacial score (nSPS) is 9.78. The number of nitro benzene ring substituents is 1. The van der Waals surface area contributed by atoms with E-state index in [1.54, 1.807) is 0 Å². The lowest BCUT2D eigenvalue weighted by molar-refractivity contribution is -0.385. The molecule has 0 aliphatic carbocycles. The summed E-state index contributed by atoms with van der Waals surface area (Å²) in [5.41, 5.74) is -2.35. The van der Waals surface area contributed by atoms with Gasteiger partial charge in [-0.15, -0.1) is 0 Å². The maximum atomic E-state index is 13.0. The van der Waals surface area contributed by atoms with Crippen LogP contribution in [0.2, 0.25) is 0 Å². The van der Waals surface area contributed by atoms with E-state index in [0.29, 0.717) is 0 Å². The molecule has 0 aliphatic heterocycles. The Bertz CT molecular complexity index is 975. The summed E-state index contributed by atoms with van der Waals surface area (Å²) < 4.78 is 0. The molecule has 15 heteroatoms. The zero-order valence-electron chi connectivity index (χ0n) is 17.8. The van der Waals surface area contributed by atoms with Gasteiger partial charge >= 0.3 is 24.1 Å². The Morgan fingerprint density at radius 1 is 0.750 bits per heavy atom. The summed E-state index contributed by atoms with van der Waals surface area (Å²) in [6.07, 6.45) is 0. The van der Waals surface area contributed by atoms with Crippen molar-refractivity contribution in [3.63, 3.8) is 0 Å². The Labute approximate surface area is 181 Å². The van der Waals surface area contributed by atoms with E-state index in [2.05, 4.69) is 21.3 Å². The van der Waals surface area contributed by atoms with Gasteiger partial charge in [0.05, 0.1) is 4.92 Å². The van der Waals surface area contributed by atoms with Crippen LogP contribution in [0.3, 0.4) is 0 Å². The first-order chi connectivity index (χ1) is 15.0. The fourth-order valence-corrected chi connectivity index (χ4v) is 2.58. The summed E-state index contributed by atoms with van der Waals surface area (Å²) in [6, 6.07) is -2.90. The van der Waals surface area contributed by atoms with E-state index < -0.39 is 57.7 Å². The van der Waals surface area contributed by atoms with Crippen molar-refractivity contribution < 1.29 is 33.7 Å². The van der Waals surface area contributed by atoms with Gasteiger partial charge < -0.3 is 21.3 Å². The molecule has 172 valence electrons. The molecule has 10 amide bonds. The van der Waals surface area contributed by atoms with E-state index in [4.69, 9.17) is 0 Å². The van der Waals surface area contributed by atoms with Gasteiger partial charge in [-0.1, -0.05) is 0 Å². The average Bonchev–Trinajstić information content (AvgIpc) is 2.77. The monoisotopic (exact) mass is 451 g/mol. The van der Waals surface area contributed by atoms with E-state index in [-0.39, 0.29) is 15.4 Å². The van der Waals surface area contributed by atoms with Crippen LogP contribution >= 0.6 is 0 Å². The highest BCUT2D eigenvalue weighted by Gasteiger charge is 2.37. The molecule has 0 saturated carbocycles. The van der Waals surface area contributed by atoms with Gasteiger partial charge in [0, 0.05) is 39.8 Å². The molecule has 0 aromatic heterocycles. The zero-order valence-corrected chi connectivity index (χ0v) is 17.8. The second-order valence-electron chi connectivity index (χ2n) is 5.89. The predicted octanol–water partition coefficient (Wildman–Crippen LogP) is 0.145. The molecule has 1 aromatic carbocycles. The molecule has 0 heterocycles. The van der Waals surface area contributed by atoms with Crippen LogP contribution in [-0.2, 0) is 0 Å². The summed E-state index contributed by atoms with van der Waals surface area (Å²) in [4.78, 5) is 85.0. The van der Waals surface area contributed by atoms with Crippen molar-refractivity contribution in [1.29, 1.82) is 0 Å². The van der Waals surface area contributed by atoms with Crippen LogP contribution in [0.25, 0.3) is 0 Å². The number of nitro groups is 1.